The summed E-state index contributed by atoms with van der Waals surface area (Å²) in [6.45, 7) is 0.403. The number of hydrogen-bond donors (Lipinski definition) is 1. The first-order valence-electron chi connectivity index (χ1n) is 4.11. The van der Waals surface area contributed by atoms with Gasteiger partial charge in [-0.1, -0.05) is 16.8 Å². The van der Waals surface area contributed by atoms with Gasteiger partial charge in [0.1, 0.15) is 0 Å². The van der Waals surface area contributed by atoms with E-state index in [1.165, 1.54) is 4.68 Å². The summed E-state index contributed by atoms with van der Waals surface area (Å²) in [5.41, 5.74) is 6.28. The molecule has 15 heavy (non-hydrogen) atoms. The molecular formula is C7H6ClN7. The average molecular weight is 224 g/mol. The quantitative estimate of drug-likeness (QED) is 0.738. The molecular weight excluding hydrogens is 218 g/mol. The fourth-order valence-electron chi connectivity index (χ4n) is 1.15. The summed E-state index contributed by atoms with van der Waals surface area (Å²) in [6.07, 6.45) is 0.319. The SMILES string of the molecule is N#CCCn1nnc2c(Cl)nc(N)nc21. The number of fused-ring (bicyclic) bond motifs is 1. The summed E-state index contributed by atoms with van der Waals surface area (Å²) in [5.74, 6) is 0.0630. The molecule has 0 saturated heterocycles. The summed E-state index contributed by atoms with van der Waals surface area (Å²) in [4.78, 5) is 7.71. The number of nitrogens with zero attached hydrogens (tertiary/aromatic N) is 6. The summed E-state index contributed by atoms with van der Waals surface area (Å²) in [5, 5.41) is 16.2. The van der Waals surface area contributed by atoms with Crippen molar-refractivity contribution in [1.82, 2.24) is 25.0 Å². The third-order valence-electron chi connectivity index (χ3n) is 1.77. The van der Waals surface area contributed by atoms with Crippen molar-refractivity contribution in [2.75, 3.05) is 5.73 Å². The van der Waals surface area contributed by atoms with Gasteiger partial charge < -0.3 is 5.73 Å². The summed E-state index contributed by atoms with van der Waals surface area (Å²) >= 11 is 5.80. The Morgan fingerprint density at radius 1 is 1.47 bits per heavy atom. The molecule has 2 N–H and O–H groups in total. The molecule has 0 amide bonds. The van der Waals surface area contributed by atoms with Crippen LogP contribution in [0.25, 0.3) is 11.2 Å². The van der Waals surface area contributed by atoms with Gasteiger partial charge in [-0.05, 0) is 0 Å². The Hall–Kier alpha value is -1.94. The second kappa shape index (κ2) is 3.67. The van der Waals surface area contributed by atoms with E-state index in [1.807, 2.05) is 6.07 Å². The molecule has 2 rings (SSSR count). The molecule has 0 saturated carbocycles. The van der Waals surface area contributed by atoms with Crippen LogP contribution in [-0.4, -0.2) is 25.0 Å². The van der Waals surface area contributed by atoms with Gasteiger partial charge in [-0.25, -0.2) is 4.68 Å². The normalized spacial score (nSPS) is 10.4. The highest BCUT2D eigenvalue weighted by molar-refractivity contribution is 6.33. The van der Waals surface area contributed by atoms with E-state index in [9.17, 15) is 0 Å². The van der Waals surface area contributed by atoms with E-state index in [4.69, 9.17) is 22.6 Å². The van der Waals surface area contributed by atoms with Crippen LogP contribution in [0.3, 0.4) is 0 Å². The van der Waals surface area contributed by atoms with Crippen molar-refractivity contribution < 1.29 is 0 Å². The molecule has 7 nitrogen and oxygen atoms in total. The predicted octanol–water partition coefficient (Wildman–Crippen LogP) is 0.371. The molecule has 0 fully saturated rings. The van der Waals surface area contributed by atoms with Crippen molar-refractivity contribution in [1.29, 1.82) is 5.26 Å². The standard InChI is InChI=1S/C7H6ClN7/c8-5-4-6(12-7(10)11-5)15(14-13-4)3-1-2-9/h1,3H2,(H2,10,11,12). The number of nitrogen functional groups attached to an aromatic ring is 1. The minimum absolute atomic E-state index is 0.0630. The van der Waals surface area contributed by atoms with Gasteiger partial charge in [0.15, 0.2) is 16.3 Å². The molecule has 0 bridgehead atoms. The zero-order valence-electron chi connectivity index (χ0n) is 7.55. The van der Waals surface area contributed by atoms with Crippen molar-refractivity contribution in [3.05, 3.63) is 5.15 Å². The lowest BCUT2D eigenvalue weighted by Gasteiger charge is -1.97. The highest BCUT2D eigenvalue weighted by atomic mass is 35.5. The van der Waals surface area contributed by atoms with Crippen molar-refractivity contribution in [2.24, 2.45) is 0 Å². The number of halogens is 1. The van der Waals surface area contributed by atoms with E-state index in [-0.39, 0.29) is 11.1 Å². The lowest BCUT2D eigenvalue weighted by Crippen LogP contribution is -2.03. The van der Waals surface area contributed by atoms with E-state index < -0.39 is 0 Å². The topological polar surface area (TPSA) is 106 Å². The van der Waals surface area contributed by atoms with Gasteiger partial charge in [0.05, 0.1) is 19.0 Å². The van der Waals surface area contributed by atoms with Gasteiger partial charge >= 0.3 is 0 Å². The molecule has 0 radical (unpaired) electrons. The van der Waals surface area contributed by atoms with Gasteiger partial charge in [-0.15, -0.1) is 5.10 Å². The van der Waals surface area contributed by atoms with E-state index in [1.54, 1.807) is 0 Å². The number of nitrogens with two attached hydrogens (primary N) is 1. The Morgan fingerprint density at radius 2 is 2.27 bits per heavy atom. The largest absolute Gasteiger partial charge is 0.368 e. The third-order valence-corrected chi connectivity index (χ3v) is 2.04. The Morgan fingerprint density at radius 3 is 3.00 bits per heavy atom. The number of hydrogen-bond acceptors (Lipinski definition) is 6. The summed E-state index contributed by atoms with van der Waals surface area (Å²) in [7, 11) is 0. The lowest BCUT2D eigenvalue weighted by atomic mass is 10.4. The lowest BCUT2D eigenvalue weighted by molar-refractivity contribution is 0.613. The van der Waals surface area contributed by atoms with Crippen LogP contribution in [0, 0.1) is 11.3 Å². The van der Waals surface area contributed by atoms with E-state index in [0.29, 0.717) is 24.1 Å². The fourth-order valence-corrected chi connectivity index (χ4v) is 1.35. The number of aryl methyl sites for hydroxylation is 1. The molecule has 2 aromatic heterocycles. The monoisotopic (exact) mass is 223 g/mol. The first kappa shape index (κ1) is 9.61. The number of rotatable bonds is 2. The zero-order valence-corrected chi connectivity index (χ0v) is 8.31. The molecule has 0 aliphatic heterocycles. The minimum Gasteiger partial charge on any atom is -0.368 e. The van der Waals surface area contributed by atoms with Gasteiger partial charge in [-0.3, -0.25) is 0 Å². The second-order valence-electron chi connectivity index (χ2n) is 2.77. The number of aromatic nitrogens is 5. The van der Waals surface area contributed by atoms with Crippen LogP contribution < -0.4 is 5.73 Å². The molecule has 0 spiro atoms. The fraction of sp³-hybridized carbons (Fsp3) is 0.286. The summed E-state index contributed by atoms with van der Waals surface area (Å²) in [6, 6.07) is 2.00. The van der Waals surface area contributed by atoms with Gasteiger partial charge in [-0.2, -0.15) is 15.2 Å². The molecule has 0 unspecified atom stereocenters. The Balaban J connectivity index is 2.54. The zero-order chi connectivity index (χ0) is 10.8. The van der Waals surface area contributed by atoms with Crippen molar-refractivity contribution >= 4 is 28.7 Å². The third kappa shape index (κ3) is 1.67. The highest BCUT2D eigenvalue weighted by Crippen LogP contribution is 2.18. The minimum atomic E-state index is 0.0630. The number of anilines is 1. The van der Waals surface area contributed by atoms with Crippen LogP contribution in [0.5, 0.6) is 0 Å². The Bertz CT molecular complexity index is 540. The van der Waals surface area contributed by atoms with Gasteiger partial charge in [0.2, 0.25) is 5.95 Å². The van der Waals surface area contributed by atoms with Crippen LogP contribution in [-0.2, 0) is 6.54 Å². The average Bonchev–Trinajstić information content (AvgIpc) is 2.58. The Labute approximate surface area is 89.5 Å². The smallest absolute Gasteiger partial charge is 0.223 e. The summed E-state index contributed by atoms with van der Waals surface area (Å²) < 4.78 is 1.47. The van der Waals surface area contributed by atoms with Crippen LogP contribution in [0.2, 0.25) is 5.15 Å². The second-order valence-corrected chi connectivity index (χ2v) is 3.12. The van der Waals surface area contributed by atoms with E-state index in [0.717, 1.165) is 0 Å². The molecule has 0 atom stereocenters. The van der Waals surface area contributed by atoms with Crippen LogP contribution in [0.15, 0.2) is 0 Å². The maximum Gasteiger partial charge on any atom is 0.223 e. The molecule has 0 aliphatic rings. The van der Waals surface area contributed by atoms with Gasteiger partial charge in [0, 0.05) is 0 Å². The van der Waals surface area contributed by atoms with Crippen LogP contribution in [0.4, 0.5) is 5.95 Å². The van der Waals surface area contributed by atoms with Crippen molar-refractivity contribution in [3.63, 3.8) is 0 Å². The molecule has 2 aromatic rings. The molecule has 0 aliphatic carbocycles. The van der Waals surface area contributed by atoms with Crippen LogP contribution >= 0.6 is 11.6 Å². The maximum atomic E-state index is 8.45. The van der Waals surface area contributed by atoms with Crippen molar-refractivity contribution in [3.8, 4) is 6.07 Å². The Kier molecular flexibility index (Phi) is 2.35. The number of nitriles is 1. The molecule has 76 valence electrons. The van der Waals surface area contributed by atoms with Crippen molar-refractivity contribution in [2.45, 2.75) is 13.0 Å². The highest BCUT2D eigenvalue weighted by Gasteiger charge is 2.11. The first-order chi connectivity index (χ1) is 7.22. The maximum absolute atomic E-state index is 8.45. The molecule has 8 heteroatoms. The predicted molar refractivity (Wildman–Crippen MR) is 52.8 cm³/mol. The molecule has 0 aromatic carbocycles. The van der Waals surface area contributed by atoms with E-state index in [2.05, 4.69) is 20.3 Å². The van der Waals surface area contributed by atoms with E-state index >= 15 is 0 Å². The van der Waals surface area contributed by atoms with Gasteiger partial charge in [0.25, 0.3) is 0 Å². The van der Waals surface area contributed by atoms with Crippen LogP contribution in [0.1, 0.15) is 6.42 Å². The first-order valence-corrected chi connectivity index (χ1v) is 4.49. The molecule has 2 heterocycles.